The summed E-state index contributed by atoms with van der Waals surface area (Å²) >= 11 is 0. The van der Waals surface area contributed by atoms with Gasteiger partial charge in [0.1, 0.15) is 5.69 Å². The van der Waals surface area contributed by atoms with E-state index < -0.39 is 0 Å². The molecule has 1 N–H and O–H groups in total. The number of nitrogens with one attached hydrogen (secondary N) is 1. The summed E-state index contributed by atoms with van der Waals surface area (Å²) in [6, 6.07) is 5.15. The first-order valence-electron chi connectivity index (χ1n) is 6.29. The van der Waals surface area contributed by atoms with Gasteiger partial charge in [-0.1, -0.05) is 19.1 Å². The standard InChI is InChI=1S/C13H21N3O3/c1-4-15(8-9-19-3)10-11-6-5-7-12(16(17)18)13(11)14-2/h5-7,14H,4,8-10H2,1-3H3. The number of hydrogen-bond donors (Lipinski definition) is 1. The minimum Gasteiger partial charge on any atom is -0.383 e. The Labute approximate surface area is 113 Å². The monoisotopic (exact) mass is 267 g/mol. The van der Waals surface area contributed by atoms with Crippen molar-refractivity contribution in [3.63, 3.8) is 0 Å². The molecule has 0 radical (unpaired) electrons. The van der Waals surface area contributed by atoms with Crippen LogP contribution in [-0.4, -0.2) is 43.7 Å². The molecule has 0 amide bonds. The number of methoxy groups -OCH3 is 1. The summed E-state index contributed by atoms with van der Waals surface area (Å²) in [6.07, 6.45) is 0. The average molecular weight is 267 g/mol. The van der Waals surface area contributed by atoms with Gasteiger partial charge in [0.05, 0.1) is 11.5 Å². The number of likely N-dealkylation sites (N-methyl/N-ethyl adjacent to an activating group) is 1. The van der Waals surface area contributed by atoms with Gasteiger partial charge in [-0.05, 0) is 12.1 Å². The van der Waals surface area contributed by atoms with Crippen LogP contribution in [0.2, 0.25) is 0 Å². The van der Waals surface area contributed by atoms with Crippen LogP contribution < -0.4 is 5.32 Å². The van der Waals surface area contributed by atoms with Gasteiger partial charge in [-0.15, -0.1) is 0 Å². The summed E-state index contributed by atoms with van der Waals surface area (Å²) in [7, 11) is 3.37. The molecule has 1 aromatic rings. The lowest BCUT2D eigenvalue weighted by molar-refractivity contribution is -0.384. The number of nitrogens with zero attached hydrogens (tertiary/aromatic N) is 2. The zero-order valence-corrected chi connectivity index (χ0v) is 11.7. The Balaban J connectivity index is 2.93. The van der Waals surface area contributed by atoms with E-state index >= 15 is 0 Å². The molecule has 0 aliphatic carbocycles. The maximum Gasteiger partial charge on any atom is 0.292 e. The molecule has 0 heterocycles. The first-order chi connectivity index (χ1) is 9.13. The number of nitro groups is 1. The van der Waals surface area contributed by atoms with E-state index in [4.69, 9.17) is 4.74 Å². The van der Waals surface area contributed by atoms with Gasteiger partial charge in [-0.3, -0.25) is 15.0 Å². The van der Waals surface area contributed by atoms with Crippen molar-refractivity contribution in [2.45, 2.75) is 13.5 Å². The molecule has 0 aliphatic rings. The molecular weight excluding hydrogens is 246 g/mol. The zero-order valence-electron chi connectivity index (χ0n) is 11.7. The Kier molecular flexibility index (Phi) is 6.24. The first kappa shape index (κ1) is 15.4. The van der Waals surface area contributed by atoms with Crippen molar-refractivity contribution >= 4 is 11.4 Å². The molecule has 0 fully saturated rings. The minimum absolute atomic E-state index is 0.114. The zero-order chi connectivity index (χ0) is 14.3. The van der Waals surface area contributed by atoms with Gasteiger partial charge in [-0.2, -0.15) is 0 Å². The normalized spacial score (nSPS) is 10.7. The molecule has 0 spiro atoms. The van der Waals surface area contributed by atoms with Gasteiger partial charge in [0.25, 0.3) is 5.69 Å². The summed E-state index contributed by atoms with van der Waals surface area (Å²) < 4.78 is 5.06. The predicted octanol–water partition coefficient (Wildman–Crippen LogP) is 2.10. The third-order valence-electron chi connectivity index (χ3n) is 3.03. The molecule has 1 rings (SSSR count). The summed E-state index contributed by atoms with van der Waals surface area (Å²) in [5, 5.41) is 13.9. The summed E-state index contributed by atoms with van der Waals surface area (Å²) in [4.78, 5) is 12.8. The molecule has 6 heteroatoms. The highest BCUT2D eigenvalue weighted by molar-refractivity contribution is 5.66. The fourth-order valence-electron chi connectivity index (χ4n) is 1.97. The SMILES string of the molecule is CCN(CCOC)Cc1cccc([N+](=O)[O-])c1NC. The van der Waals surface area contributed by atoms with Crippen LogP contribution in [0.15, 0.2) is 18.2 Å². The van der Waals surface area contributed by atoms with E-state index in [9.17, 15) is 10.1 Å². The number of rotatable bonds is 8. The van der Waals surface area contributed by atoms with Crippen molar-refractivity contribution in [3.05, 3.63) is 33.9 Å². The van der Waals surface area contributed by atoms with Crippen LogP contribution in [0.5, 0.6) is 0 Å². The van der Waals surface area contributed by atoms with E-state index in [1.807, 2.05) is 6.07 Å². The smallest absolute Gasteiger partial charge is 0.292 e. The van der Waals surface area contributed by atoms with Crippen LogP contribution in [0, 0.1) is 10.1 Å². The third-order valence-corrected chi connectivity index (χ3v) is 3.03. The fourth-order valence-corrected chi connectivity index (χ4v) is 1.97. The largest absolute Gasteiger partial charge is 0.383 e. The Morgan fingerprint density at radius 2 is 2.21 bits per heavy atom. The second kappa shape index (κ2) is 7.70. The molecule has 106 valence electrons. The van der Waals surface area contributed by atoms with Crippen molar-refractivity contribution < 1.29 is 9.66 Å². The van der Waals surface area contributed by atoms with E-state index in [0.717, 1.165) is 18.7 Å². The molecule has 1 aromatic carbocycles. The van der Waals surface area contributed by atoms with Gasteiger partial charge >= 0.3 is 0 Å². The Bertz CT molecular complexity index is 424. The summed E-state index contributed by atoms with van der Waals surface area (Å²) in [5.41, 5.74) is 1.63. The predicted molar refractivity (Wildman–Crippen MR) is 75.5 cm³/mol. The number of benzene rings is 1. The number of para-hydroxylation sites is 1. The molecule has 0 aromatic heterocycles. The molecule has 6 nitrogen and oxygen atoms in total. The molecule has 0 atom stereocenters. The molecule has 0 saturated carbocycles. The fraction of sp³-hybridized carbons (Fsp3) is 0.538. The van der Waals surface area contributed by atoms with Crippen LogP contribution in [0.1, 0.15) is 12.5 Å². The van der Waals surface area contributed by atoms with Crippen molar-refractivity contribution in [2.24, 2.45) is 0 Å². The van der Waals surface area contributed by atoms with E-state index in [-0.39, 0.29) is 10.6 Å². The Hall–Kier alpha value is -1.66. The first-order valence-corrected chi connectivity index (χ1v) is 6.29. The Morgan fingerprint density at radius 1 is 1.47 bits per heavy atom. The molecule has 0 saturated heterocycles. The van der Waals surface area contributed by atoms with Gasteiger partial charge in [0, 0.05) is 33.3 Å². The highest BCUT2D eigenvalue weighted by Gasteiger charge is 2.17. The second-order valence-electron chi connectivity index (χ2n) is 4.18. The van der Waals surface area contributed by atoms with Crippen molar-refractivity contribution in [2.75, 3.05) is 39.2 Å². The van der Waals surface area contributed by atoms with E-state index in [2.05, 4.69) is 17.1 Å². The number of nitro benzene ring substituents is 1. The molecule has 0 aliphatic heterocycles. The van der Waals surface area contributed by atoms with Gasteiger partial charge in [-0.25, -0.2) is 0 Å². The van der Waals surface area contributed by atoms with E-state index in [1.54, 1.807) is 20.2 Å². The van der Waals surface area contributed by atoms with Gasteiger partial charge in [0.2, 0.25) is 0 Å². The lowest BCUT2D eigenvalue weighted by atomic mass is 10.1. The van der Waals surface area contributed by atoms with E-state index in [1.165, 1.54) is 6.07 Å². The van der Waals surface area contributed by atoms with Crippen LogP contribution >= 0.6 is 0 Å². The van der Waals surface area contributed by atoms with Crippen LogP contribution in [0.4, 0.5) is 11.4 Å². The summed E-state index contributed by atoms with van der Waals surface area (Å²) in [5.74, 6) is 0. The average Bonchev–Trinajstić information content (AvgIpc) is 2.42. The summed E-state index contributed by atoms with van der Waals surface area (Å²) in [6.45, 7) is 5.05. The second-order valence-corrected chi connectivity index (χ2v) is 4.18. The minimum atomic E-state index is -0.360. The highest BCUT2D eigenvalue weighted by atomic mass is 16.6. The van der Waals surface area contributed by atoms with Crippen molar-refractivity contribution in [1.82, 2.24) is 4.90 Å². The maximum absolute atomic E-state index is 11.0. The quantitative estimate of drug-likeness (QED) is 0.577. The number of ether oxygens (including phenoxy) is 1. The lowest BCUT2D eigenvalue weighted by Gasteiger charge is -2.21. The van der Waals surface area contributed by atoms with Crippen LogP contribution in [-0.2, 0) is 11.3 Å². The highest BCUT2D eigenvalue weighted by Crippen LogP contribution is 2.28. The molecule has 19 heavy (non-hydrogen) atoms. The topological polar surface area (TPSA) is 67.6 Å². The Morgan fingerprint density at radius 3 is 2.74 bits per heavy atom. The number of hydrogen-bond acceptors (Lipinski definition) is 5. The lowest BCUT2D eigenvalue weighted by Crippen LogP contribution is -2.27. The van der Waals surface area contributed by atoms with Crippen molar-refractivity contribution in [1.29, 1.82) is 0 Å². The van der Waals surface area contributed by atoms with Gasteiger partial charge in [0.15, 0.2) is 0 Å². The van der Waals surface area contributed by atoms with E-state index in [0.29, 0.717) is 18.8 Å². The van der Waals surface area contributed by atoms with Gasteiger partial charge < -0.3 is 10.1 Å². The number of anilines is 1. The van der Waals surface area contributed by atoms with Crippen LogP contribution in [0.25, 0.3) is 0 Å². The third kappa shape index (κ3) is 4.18. The molecule has 0 unspecified atom stereocenters. The molecular formula is C13H21N3O3. The van der Waals surface area contributed by atoms with Crippen molar-refractivity contribution in [3.8, 4) is 0 Å². The maximum atomic E-state index is 11.0. The molecule has 0 bridgehead atoms. The van der Waals surface area contributed by atoms with Crippen LogP contribution in [0.3, 0.4) is 0 Å².